The van der Waals surface area contributed by atoms with E-state index >= 15 is 0 Å². The van der Waals surface area contributed by atoms with E-state index < -0.39 is 0 Å². The van der Waals surface area contributed by atoms with Gasteiger partial charge in [-0.3, -0.25) is 0 Å². The number of benzene rings is 3. The van der Waals surface area contributed by atoms with Gasteiger partial charge in [0.1, 0.15) is 0 Å². The summed E-state index contributed by atoms with van der Waals surface area (Å²) in [5.74, 6) is 0.434. The molecule has 4 rings (SSSR count). The molecule has 0 atom stereocenters. The lowest BCUT2D eigenvalue weighted by Gasteiger charge is -2.21. The summed E-state index contributed by atoms with van der Waals surface area (Å²) in [6, 6.07) is 17.8. The monoisotopic (exact) mass is 333 g/mol. The molecule has 0 saturated heterocycles. The van der Waals surface area contributed by atoms with Gasteiger partial charge in [-0.25, -0.2) is 4.99 Å². The molecular formula is C20H16ClN3. The number of guanidine groups is 1. The molecule has 3 aromatic rings. The second kappa shape index (κ2) is 5.69. The molecule has 0 heterocycles. The highest BCUT2D eigenvalue weighted by Gasteiger charge is 2.15. The number of anilines is 1. The summed E-state index contributed by atoms with van der Waals surface area (Å²) in [6.45, 7) is 0. The summed E-state index contributed by atoms with van der Waals surface area (Å²) in [4.78, 5) is 6.40. The van der Waals surface area contributed by atoms with Crippen molar-refractivity contribution in [2.45, 2.75) is 0 Å². The van der Waals surface area contributed by atoms with Crippen molar-refractivity contribution in [3.8, 4) is 0 Å². The van der Waals surface area contributed by atoms with E-state index in [9.17, 15) is 0 Å². The van der Waals surface area contributed by atoms with Crippen LogP contribution in [-0.2, 0) is 0 Å². The molecule has 0 bridgehead atoms. The maximum absolute atomic E-state index is 6.23. The summed E-state index contributed by atoms with van der Waals surface area (Å²) in [7, 11) is 1.93. The van der Waals surface area contributed by atoms with Crippen molar-refractivity contribution in [2.75, 3.05) is 11.9 Å². The fraction of sp³-hybridized carbons (Fsp3) is 0.0500. The van der Waals surface area contributed by atoms with E-state index in [2.05, 4.69) is 47.5 Å². The summed E-state index contributed by atoms with van der Waals surface area (Å²) in [5.41, 5.74) is 10.5. The van der Waals surface area contributed by atoms with E-state index in [4.69, 9.17) is 17.3 Å². The number of nitrogens with zero attached hydrogens (tertiary/aromatic N) is 2. The number of rotatable bonds is 2. The average molecular weight is 334 g/mol. The Morgan fingerprint density at radius 3 is 2.42 bits per heavy atom. The minimum atomic E-state index is 0.434. The van der Waals surface area contributed by atoms with Crippen LogP contribution < -0.4 is 10.6 Å². The third-order valence-corrected chi connectivity index (χ3v) is 4.55. The van der Waals surface area contributed by atoms with Gasteiger partial charge in [-0.05, 0) is 46.8 Å². The predicted octanol–water partition coefficient (Wildman–Crippen LogP) is 5.06. The summed E-state index contributed by atoms with van der Waals surface area (Å²) in [6.07, 6.45) is 4.29. The zero-order valence-corrected chi connectivity index (χ0v) is 14.0. The topological polar surface area (TPSA) is 41.6 Å². The maximum Gasteiger partial charge on any atom is 0.200 e. The van der Waals surface area contributed by atoms with Crippen LogP contribution in [0.4, 0.5) is 11.4 Å². The van der Waals surface area contributed by atoms with E-state index in [1.165, 1.54) is 21.9 Å². The molecule has 0 fully saturated rings. The van der Waals surface area contributed by atoms with E-state index in [1.807, 2.05) is 24.1 Å². The van der Waals surface area contributed by atoms with E-state index in [-0.39, 0.29) is 0 Å². The Labute approximate surface area is 145 Å². The molecule has 0 spiro atoms. The van der Waals surface area contributed by atoms with Crippen LogP contribution in [0.5, 0.6) is 0 Å². The normalized spacial score (nSPS) is 12.8. The first-order valence-electron chi connectivity index (χ1n) is 7.71. The molecule has 0 aliphatic heterocycles. The van der Waals surface area contributed by atoms with Crippen LogP contribution >= 0.6 is 11.6 Å². The largest absolute Gasteiger partial charge is 0.369 e. The van der Waals surface area contributed by atoms with Crippen LogP contribution in [0.3, 0.4) is 0 Å². The second-order valence-corrected chi connectivity index (χ2v) is 6.22. The lowest BCUT2D eigenvalue weighted by molar-refractivity contribution is 1.23. The molecule has 118 valence electrons. The fourth-order valence-corrected chi connectivity index (χ4v) is 3.17. The van der Waals surface area contributed by atoms with Crippen LogP contribution in [0.1, 0.15) is 11.1 Å². The highest BCUT2D eigenvalue weighted by atomic mass is 35.5. The Hall–Kier alpha value is -2.78. The van der Waals surface area contributed by atoms with Crippen molar-refractivity contribution >= 4 is 51.9 Å². The zero-order valence-electron chi connectivity index (χ0n) is 13.2. The van der Waals surface area contributed by atoms with Crippen molar-refractivity contribution in [3.05, 3.63) is 70.7 Å². The van der Waals surface area contributed by atoms with Gasteiger partial charge in [0, 0.05) is 17.5 Å². The zero-order chi connectivity index (χ0) is 16.7. The minimum Gasteiger partial charge on any atom is -0.369 e. The van der Waals surface area contributed by atoms with Crippen LogP contribution in [0.2, 0.25) is 5.02 Å². The van der Waals surface area contributed by atoms with E-state index in [1.54, 1.807) is 12.1 Å². The first kappa shape index (κ1) is 14.8. The number of nitrogens with two attached hydrogens (primary N) is 1. The van der Waals surface area contributed by atoms with Gasteiger partial charge >= 0.3 is 0 Å². The molecule has 0 amide bonds. The Bertz CT molecular complexity index is 975. The van der Waals surface area contributed by atoms with E-state index in [0.29, 0.717) is 11.0 Å². The molecule has 4 heteroatoms. The quantitative estimate of drug-likeness (QED) is 0.411. The van der Waals surface area contributed by atoms with Gasteiger partial charge in [0.05, 0.1) is 11.4 Å². The van der Waals surface area contributed by atoms with Gasteiger partial charge in [0.15, 0.2) is 0 Å². The third kappa shape index (κ3) is 2.43. The van der Waals surface area contributed by atoms with Gasteiger partial charge in [-0.15, -0.1) is 0 Å². The summed E-state index contributed by atoms with van der Waals surface area (Å²) >= 11 is 5.91. The molecule has 0 unspecified atom stereocenters. The number of halogens is 1. The van der Waals surface area contributed by atoms with Gasteiger partial charge in [0.25, 0.3) is 0 Å². The van der Waals surface area contributed by atoms with Crippen LogP contribution in [0, 0.1) is 0 Å². The van der Waals surface area contributed by atoms with Gasteiger partial charge in [-0.2, -0.15) is 0 Å². The lowest BCUT2D eigenvalue weighted by atomic mass is 10.0. The molecule has 24 heavy (non-hydrogen) atoms. The van der Waals surface area contributed by atoms with E-state index in [0.717, 1.165) is 11.4 Å². The number of hydrogen-bond acceptors (Lipinski definition) is 1. The summed E-state index contributed by atoms with van der Waals surface area (Å²) in [5, 5.41) is 3.12. The van der Waals surface area contributed by atoms with Gasteiger partial charge in [0.2, 0.25) is 5.96 Å². The Morgan fingerprint density at radius 1 is 0.958 bits per heavy atom. The molecule has 1 aliphatic rings. The van der Waals surface area contributed by atoms with Crippen molar-refractivity contribution in [2.24, 2.45) is 10.7 Å². The molecule has 3 aromatic carbocycles. The predicted molar refractivity (Wildman–Crippen MR) is 104 cm³/mol. The molecular weight excluding hydrogens is 318 g/mol. The molecule has 0 aromatic heterocycles. The Balaban J connectivity index is 1.76. The highest BCUT2D eigenvalue weighted by molar-refractivity contribution is 6.30. The van der Waals surface area contributed by atoms with Crippen molar-refractivity contribution in [3.63, 3.8) is 0 Å². The highest BCUT2D eigenvalue weighted by Crippen LogP contribution is 2.36. The smallest absolute Gasteiger partial charge is 0.200 e. The first-order chi connectivity index (χ1) is 11.6. The molecule has 0 radical (unpaired) electrons. The minimum absolute atomic E-state index is 0.434. The molecule has 0 saturated carbocycles. The number of hydrogen-bond donors (Lipinski definition) is 1. The van der Waals surface area contributed by atoms with Crippen molar-refractivity contribution < 1.29 is 0 Å². The summed E-state index contributed by atoms with van der Waals surface area (Å²) < 4.78 is 0. The third-order valence-electron chi connectivity index (χ3n) is 4.30. The maximum atomic E-state index is 6.23. The van der Waals surface area contributed by atoms with Gasteiger partial charge < -0.3 is 10.6 Å². The number of aliphatic imine (C=N–C) groups is 1. The Morgan fingerprint density at radius 2 is 1.67 bits per heavy atom. The molecule has 3 nitrogen and oxygen atoms in total. The SMILES string of the molecule is CN(C(N)=Nc1ccc(Cl)cc1)c1ccc2c3c(cccc13)C=C2. The average Bonchev–Trinajstić information content (AvgIpc) is 3.02. The van der Waals surface area contributed by atoms with Crippen molar-refractivity contribution in [1.29, 1.82) is 0 Å². The fourth-order valence-electron chi connectivity index (χ4n) is 3.04. The molecule has 2 N–H and O–H groups in total. The molecule has 1 aliphatic carbocycles. The first-order valence-corrected chi connectivity index (χ1v) is 8.08. The van der Waals surface area contributed by atoms with Gasteiger partial charge in [-0.1, -0.05) is 48.0 Å². The lowest BCUT2D eigenvalue weighted by Crippen LogP contribution is -2.33. The Kier molecular flexibility index (Phi) is 3.51. The van der Waals surface area contributed by atoms with Crippen LogP contribution in [0.15, 0.2) is 59.6 Å². The second-order valence-electron chi connectivity index (χ2n) is 5.78. The van der Waals surface area contributed by atoms with Crippen molar-refractivity contribution in [1.82, 2.24) is 0 Å². The standard InChI is InChI=1S/C20H16ClN3/c1-24(20(22)23-16-10-8-15(21)9-11-16)18-12-7-14-6-5-13-3-2-4-17(18)19(13)14/h2-12H,1H3,(H2,22,23). The van der Waals surface area contributed by atoms with Crippen LogP contribution in [0.25, 0.3) is 22.9 Å². The van der Waals surface area contributed by atoms with Crippen LogP contribution in [-0.4, -0.2) is 13.0 Å².